The van der Waals surface area contributed by atoms with E-state index in [1.165, 1.54) is 26.2 Å². The van der Waals surface area contributed by atoms with E-state index in [2.05, 4.69) is 5.32 Å². The molecule has 1 aliphatic carbocycles. The Balaban J connectivity index is 1.89. The molecule has 2 aromatic carbocycles. The van der Waals surface area contributed by atoms with Gasteiger partial charge in [0.15, 0.2) is 0 Å². The van der Waals surface area contributed by atoms with Crippen molar-refractivity contribution in [2.75, 3.05) is 13.7 Å². The first-order valence-corrected chi connectivity index (χ1v) is 10.8. The minimum Gasteiger partial charge on any atom is -0.488 e. The number of halogens is 1. The average Bonchev–Trinajstić information content (AvgIpc) is 2.72. The number of aliphatic hydroxyl groups excluding tert-OH is 2. The van der Waals surface area contributed by atoms with Crippen molar-refractivity contribution in [1.29, 1.82) is 0 Å². The fraction of sp³-hybridized carbons (Fsp3) is 0.480. The second kappa shape index (κ2) is 9.98. The van der Waals surface area contributed by atoms with Crippen molar-refractivity contribution in [3.05, 3.63) is 53.8 Å². The zero-order valence-corrected chi connectivity index (χ0v) is 19.0. The first-order chi connectivity index (χ1) is 15.1. The number of ether oxygens (including phenoxy) is 2. The molecule has 32 heavy (non-hydrogen) atoms. The molecular formula is C25H32FNO5. The van der Waals surface area contributed by atoms with Gasteiger partial charge in [-0.2, -0.15) is 0 Å². The third-order valence-corrected chi connectivity index (χ3v) is 6.07. The lowest BCUT2D eigenvalue weighted by molar-refractivity contribution is -0.184. The number of aliphatic hydroxyl groups is 2. The topological polar surface area (TPSA) is 88.0 Å². The van der Waals surface area contributed by atoms with Gasteiger partial charge in [-0.3, -0.25) is 4.79 Å². The molecule has 6 nitrogen and oxygen atoms in total. The van der Waals surface area contributed by atoms with Gasteiger partial charge < -0.3 is 25.0 Å². The van der Waals surface area contributed by atoms with Crippen LogP contribution in [0.3, 0.4) is 0 Å². The first-order valence-electron chi connectivity index (χ1n) is 10.8. The molecule has 0 aliphatic heterocycles. The van der Waals surface area contributed by atoms with Crippen molar-refractivity contribution < 1.29 is 28.9 Å². The summed E-state index contributed by atoms with van der Waals surface area (Å²) in [7, 11) is 1.52. The van der Waals surface area contributed by atoms with Crippen molar-refractivity contribution >= 4 is 5.91 Å². The van der Waals surface area contributed by atoms with Crippen LogP contribution >= 0.6 is 0 Å². The molecule has 1 amide bonds. The smallest absolute Gasteiger partial charge is 0.216 e. The van der Waals surface area contributed by atoms with Gasteiger partial charge in [0.2, 0.25) is 5.91 Å². The van der Waals surface area contributed by atoms with Crippen molar-refractivity contribution in [3.8, 4) is 16.9 Å². The summed E-state index contributed by atoms with van der Waals surface area (Å²) in [5.41, 5.74) is 2.01. The summed E-state index contributed by atoms with van der Waals surface area (Å²) in [5.74, 6) is 0.0503. The van der Waals surface area contributed by atoms with Gasteiger partial charge in [-0.1, -0.05) is 32.0 Å². The highest BCUT2D eigenvalue weighted by Crippen LogP contribution is 2.40. The fourth-order valence-electron chi connectivity index (χ4n) is 4.51. The van der Waals surface area contributed by atoms with E-state index in [4.69, 9.17) is 9.47 Å². The zero-order chi connectivity index (χ0) is 23.5. The molecule has 3 N–H and O–H groups in total. The average molecular weight is 446 g/mol. The van der Waals surface area contributed by atoms with E-state index >= 15 is 0 Å². The van der Waals surface area contributed by atoms with Crippen LogP contribution in [0.1, 0.15) is 32.8 Å². The van der Waals surface area contributed by atoms with E-state index < -0.39 is 29.8 Å². The van der Waals surface area contributed by atoms with Gasteiger partial charge in [0, 0.05) is 20.6 Å². The molecule has 0 aromatic heterocycles. The Kier molecular flexibility index (Phi) is 7.54. The molecule has 3 rings (SSSR count). The molecule has 0 unspecified atom stereocenters. The van der Waals surface area contributed by atoms with E-state index in [-0.39, 0.29) is 11.7 Å². The molecule has 1 fully saturated rings. The van der Waals surface area contributed by atoms with Crippen LogP contribution in [0.15, 0.2) is 42.5 Å². The molecule has 2 aromatic rings. The third-order valence-electron chi connectivity index (χ3n) is 6.07. The Morgan fingerprint density at radius 1 is 1.19 bits per heavy atom. The predicted molar refractivity (Wildman–Crippen MR) is 120 cm³/mol. The molecule has 7 heteroatoms. The standard InChI is InChI=1S/C25H32FNO5/c1-15(28)27-11-10-16-8-9-19(13-20(16)17-6-5-7-18(26)12-17)32-21-14-25(2,3)24(31-4)23(30)22(21)29/h5-9,12-13,21-24,29-30H,10-11,14H2,1-4H3,(H,27,28)/t21-,22+,23+,24-/m1/s1. The molecule has 0 spiro atoms. The van der Waals surface area contributed by atoms with Crippen LogP contribution in [0.5, 0.6) is 5.75 Å². The molecule has 1 saturated carbocycles. The highest BCUT2D eigenvalue weighted by atomic mass is 19.1. The Hall–Kier alpha value is -2.48. The molecule has 0 saturated heterocycles. The van der Waals surface area contributed by atoms with Crippen molar-refractivity contribution in [3.63, 3.8) is 0 Å². The van der Waals surface area contributed by atoms with Gasteiger partial charge in [0.1, 0.15) is 29.9 Å². The SMILES string of the molecule is CO[C@@H]1[C@@H](O)[C@@H](O)[C@H](Oc2ccc(CCNC(C)=O)c(-c3cccc(F)c3)c2)CC1(C)C. The summed E-state index contributed by atoms with van der Waals surface area (Å²) in [4.78, 5) is 11.2. The van der Waals surface area contributed by atoms with Crippen LogP contribution in [0.2, 0.25) is 0 Å². The van der Waals surface area contributed by atoms with Crippen LogP contribution in [0, 0.1) is 11.2 Å². The van der Waals surface area contributed by atoms with Crippen molar-refractivity contribution in [1.82, 2.24) is 5.32 Å². The molecular weight excluding hydrogens is 413 g/mol. The zero-order valence-electron chi connectivity index (χ0n) is 19.0. The van der Waals surface area contributed by atoms with E-state index in [0.29, 0.717) is 30.7 Å². The second-order valence-electron chi connectivity index (χ2n) is 9.05. The van der Waals surface area contributed by atoms with Gasteiger partial charge in [-0.15, -0.1) is 0 Å². The van der Waals surface area contributed by atoms with E-state index in [1.807, 2.05) is 32.0 Å². The number of benzene rings is 2. The number of amides is 1. The maximum absolute atomic E-state index is 13.9. The van der Waals surface area contributed by atoms with Gasteiger partial charge >= 0.3 is 0 Å². The lowest BCUT2D eigenvalue weighted by atomic mass is 9.71. The minimum atomic E-state index is -1.11. The van der Waals surface area contributed by atoms with Gasteiger partial charge in [-0.05, 0) is 59.2 Å². The quantitative estimate of drug-likeness (QED) is 0.610. The monoisotopic (exact) mass is 445 g/mol. The number of carbonyl (C=O) groups excluding carboxylic acids is 1. The first kappa shape index (κ1) is 24.2. The van der Waals surface area contributed by atoms with Gasteiger partial charge in [0.25, 0.3) is 0 Å². The molecule has 1 aliphatic rings. The Morgan fingerprint density at radius 3 is 2.59 bits per heavy atom. The number of carbonyl (C=O) groups is 1. The number of hydrogen-bond donors (Lipinski definition) is 3. The third kappa shape index (κ3) is 5.46. The summed E-state index contributed by atoms with van der Waals surface area (Å²) >= 11 is 0. The second-order valence-corrected chi connectivity index (χ2v) is 9.05. The summed E-state index contributed by atoms with van der Waals surface area (Å²) in [5, 5.41) is 23.9. The van der Waals surface area contributed by atoms with Crippen LogP contribution in [-0.2, 0) is 16.0 Å². The van der Waals surface area contributed by atoms with E-state index in [0.717, 1.165) is 11.1 Å². The summed E-state index contributed by atoms with van der Waals surface area (Å²) in [6, 6.07) is 11.8. The molecule has 0 heterocycles. The minimum absolute atomic E-state index is 0.112. The summed E-state index contributed by atoms with van der Waals surface area (Å²) < 4.78 is 25.4. The Morgan fingerprint density at radius 2 is 1.94 bits per heavy atom. The van der Waals surface area contributed by atoms with Crippen LogP contribution in [0.25, 0.3) is 11.1 Å². The maximum atomic E-state index is 13.9. The number of rotatable bonds is 7. The largest absolute Gasteiger partial charge is 0.488 e. The van der Waals surface area contributed by atoms with Crippen molar-refractivity contribution in [2.24, 2.45) is 5.41 Å². The molecule has 0 radical (unpaired) electrons. The highest BCUT2D eigenvalue weighted by molar-refractivity contribution is 5.73. The summed E-state index contributed by atoms with van der Waals surface area (Å²) in [6.07, 6.45) is -2.26. The molecule has 174 valence electrons. The number of hydrogen-bond acceptors (Lipinski definition) is 5. The predicted octanol–water partition coefficient (Wildman–Crippen LogP) is 3.09. The van der Waals surface area contributed by atoms with Crippen LogP contribution in [0.4, 0.5) is 4.39 Å². The van der Waals surface area contributed by atoms with Crippen molar-refractivity contribution in [2.45, 2.75) is 58.0 Å². The van der Waals surface area contributed by atoms with Gasteiger partial charge in [0.05, 0.1) is 6.10 Å². The highest BCUT2D eigenvalue weighted by Gasteiger charge is 2.49. The summed E-state index contributed by atoms with van der Waals surface area (Å²) in [6.45, 7) is 5.85. The molecule has 4 atom stereocenters. The lowest BCUT2D eigenvalue weighted by Gasteiger charge is -2.46. The fourth-order valence-corrected chi connectivity index (χ4v) is 4.51. The number of methoxy groups -OCH3 is 1. The van der Waals surface area contributed by atoms with E-state index in [1.54, 1.807) is 12.1 Å². The van der Waals surface area contributed by atoms with Crippen LogP contribution < -0.4 is 10.1 Å². The van der Waals surface area contributed by atoms with Gasteiger partial charge in [-0.25, -0.2) is 4.39 Å². The Labute approximate surface area is 188 Å². The lowest BCUT2D eigenvalue weighted by Crippen LogP contribution is -2.59. The molecule has 0 bridgehead atoms. The van der Waals surface area contributed by atoms with E-state index in [9.17, 15) is 19.4 Å². The Bertz CT molecular complexity index is 948. The normalized spacial score (nSPS) is 24.7. The number of nitrogens with one attached hydrogen (secondary N) is 1. The van der Waals surface area contributed by atoms with Crippen LogP contribution in [-0.4, -0.2) is 54.2 Å². The maximum Gasteiger partial charge on any atom is 0.216 e.